The van der Waals surface area contributed by atoms with Crippen molar-refractivity contribution in [1.29, 1.82) is 0 Å². The zero-order chi connectivity index (χ0) is 27.2. The number of nitrogens with one attached hydrogen (secondary N) is 1. The van der Waals surface area contributed by atoms with Crippen molar-refractivity contribution in [2.45, 2.75) is 12.1 Å². The molecule has 5 rings (SSSR count). The van der Waals surface area contributed by atoms with Gasteiger partial charge in [-0.25, -0.2) is 0 Å². The number of carbonyl (C=O) groups excluding carboxylic acids is 2. The topological polar surface area (TPSA) is 101 Å². The van der Waals surface area contributed by atoms with Gasteiger partial charge in [-0.1, -0.05) is 30.0 Å². The third-order valence-electron chi connectivity index (χ3n) is 6.53. The lowest BCUT2D eigenvalue weighted by atomic mass is 10.1. The molecule has 9 nitrogen and oxygen atoms in total. The average Bonchev–Trinajstić information content (AvgIpc) is 3.45. The Labute approximate surface area is 231 Å². The summed E-state index contributed by atoms with van der Waals surface area (Å²) in [4.78, 5) is 29.4. The van der Waals surface area contributed by atoms with Gasteiger partial charge in [0.25, 0.3) is 11.1 Å². The first-order valence-electron chi connectivity index (χ1n) is 12.6. The van der Waals surface area contributed by atoms with Gasteiger partial charge in [-0.05, 0) is 67.1 Å². The molecule has 0 saturated carbocycles. The molecule has 1 aromatic heterocycles. The van der Waals surface area contributed by atoms with E-state index in [0.717, 1.165) is 35.7 Å². The van der Waals surface area contributed by atoms with Crippen LogP contribution in [0.5, 0.6) is 5.75 Å². The number of rotatable bonds is 8. The van der Waals surface area contributed by atoms with E-state index in [1.807, 2.05) is 60.4 Å². The number of hydrogen-bond donors (Lipinski definition) is 1. The minimum Gasteiger partial charge on any atom is -0.497 e. The van der Waals surface area contributed by atoms with E-state index in [2.05, 4.69) is 20.4 Å². The summed E-state index contributed by atoms with van der Waals surface area (Å²) in [7, 11) is 1.61. The highest BCUT2D eigenvalue weighted by atomic mass is 32.2. The Bertz CT molecular complexity index is 1430. The molecular formula is C29H29N5O4S. The Hall–Kier alpha value is -4.31. The van der Waals surface area contributed by atoms with Crippen molar-refractivity contribution in [2.75, 3.05) is 49.3 Å². The number of aromatic nitrogens is 2. The van der Waals surface area contributed by atoms with E-state index in [1.54, 1.807) is 31.4 Å². The Morgan fingerprint density at radius 1 is 0.949 bits per heavy atom. The van der Waals surface area contributed by atoms with Crippen LogP contribution in [0.2, 0.25) is 0 Å². The minimum atomic E-state index is -0.158. The van der Waals surface area contributed by atoms with Crippen molar-refractivity contribution in [2.24, 2.45) is 0 Å². The van der Waals surface area contributed by atoms with Gasteiger partial charge in [0.2, 0.25) is 11.8 Å². The Morgan fingerprint density at radius 3 is 2.36 bits per heavy atom. The number of benzene rings is 3. The standard InChI is InChI=1S/C29H29N5O4S/c1-20-5-3-4-6-25(20)27-31-32-29(38-27)39-19-26(35)30-22-9-11-23(12-10-22)33-15-17-34(18-16-33)28(36)21-7-13-24(37-2)14-8-21/h3-14H,15-19H2,1-2H3,(H,30,35). The maximum absolute atomic E-state index is 12.8. The average molecular weight is 544 g/mol. The molecule has 3 aromatic carbocycles. The number of piperazine rings is 1. The molecule has 200 valence electrons. The number of methoxy groups -OCH3 is 1. The summed E-state index contributed by atoms with van der Waals surface area (Å²) in [6.07, 6.45) is 0. The van der Waals surface area contributed by atoms with Gasteiger partial charge >= 0.3 is 0 Å². The predicted octanol–water partition coefficient (Wildman–Crippen LogP) is 4.75. The summed E-state index contributed by atoms with van der Waals surface area (Å²) >= 11 is 1.20. The fraction of sp³-hybridized carbons (Fsp3) is 0.241. The van der Waals surface area contributed by atoms with Crippen LogP contribution in [-0.4, -0.2) is 66.0 Å². The molecule has 10 heteroatoms. The van der Waals surface area contributed by atoms with E-state index in [4.69, 9.17) is 9.15 Å². The van der Waals surface area contributed by atoms with E-state index >= 15 is 0 Å². The van der Waals surface area contributed by atoms with Gasteiger partial charge in [0, 0.05) is 48.7 Å². The SMILES string of the molecule is COc1ccc(C(=O)N2CCN(c3ccc(NC(=O)CSc4nnc(-c5ccccc5C)o4)cc3)CC2)cc1. The molecule has 1 aliphatic rings. The smallest absolute Gasteiger partial charge is 0.277 e. The van der Waals surface area contributed by atoms with Gasteiger partial charge in [-0.2, -0.15) is 0 Å². The number of aryl methyl sites for hydroxylation is 1. The second-order valence-electron chi connectivity index (χ2n) is 9.08. The second-order valence-corrected chi connectivity index (χ2v) is 10.0. The number of carbonyl (C=O) groups is 2. The second kappa shape index (κ2) is 12.0. The summed E-state index contributed by atoms with van der Waals surface area (Å²) in [5.41, 5.74) is 4.35. The van der Waals surface area contributed by atoms with Crippen molar-refractivity contribution in [3.05, 3.63) is 83.9 Å². The van der Waals surface area contributed by atoms with Gasteiger partial charge in [0.05, 0.1) is 12.9 Å². The van der Waals surface area contributed by atoms with Crippen LogP contribution in [-0.2, 0) is 4.79 Å². The summed E-state index contributed by atoms with van der Waals surface area (Å²) in [5, 5.41) is 11.4. The molecule has 1 saturated heterocycles. The predicted molar refractivity (Wildman–Crippen MR) is 151 cm³/mol. The Morgan fingerprint density at radius 2 is 1.67 bits per heavy atom. The van der Waals surface area contributed by atoms with Gasteiger partial charge in [-0.15, -0.1) is 10.2 Å². The highest BCUT2D eigenvalue weighted by Crippen LogP contribution is 2.26. The van der Waals surface area contributed by atoms with Gasteiger partial charge in [0.15, 0.2) is 0 Å². The highest BCUT2D eigenvalue weighted by Gasteiger charge is 2.22. The molecule has 4 aromatic rings. The molecule has 0 radical (unpaired) electrons. The van der Waals surface area contributed by atoms with Crippen molar-refractivity contribution in [3.63, 3.8) is 0 Å². The van der Waals surface area contributed by atoms with E-state index in [0.29, 0.717) is 35.5 Å². The molecule has 0 spiro atoms. The van der Waals surface area contributed by atoms with E-state index in [9.17, 15) is 9.59 Å². The van der Waals surface area contributed by atoms with Crippen LogP contribution in [0, 0.1) is 6.92 Å². The molecule has 0 bridgehead atoms. The van der Waals surface area contributed by atoms with Crippen LogP contribution in [0.25, 0.3) is 11.5 Å². The Kier molecular flexibility index (Phi) is 8.12. The highest BCUT2D eigenvalue weighted by molar-refractivity contribution is 7.99. The van der Waals surface area contributed by atoms with Crippen LogP contribution in [0.15, 0.2) is 82.4 Å². The van der Waals surface area contributed by atoms with E-state index < -0.39 is 0 Å². The number of hydrogen-bond acceptors (Lipinski definition) is 8. The van der Waals surface area contributed by atoms with E-state index in [1.165, 1.54) is 11.8 Å². The third-order valence-corrected chi connectivity index (χ3v) is 7.35. The van der Waals surface area contributed by atoms with E-state index in [-0.39, 0.29) is 17.6 Å². The van der Waals surface area contributed by atoms with Crippen molar-refractivity contribution in [1.82, 2.24) is 15.1 Å². The third kappa shape index (κ3) is 6.40. The molecule has 1 N–H and O–H groups in total. The van der Waals surface area contributed by atoms with Crippen LogP contribution >= 0.6 is 11.8 Å². The van der Waals surface area contributed by atoms with Crippen LogP contribution < -0.4 is 15.0 Å². The lowest BCUT2D eigenvalue weighted by Gasteiger charge is -2.36. The first kappa shape index (κ1) is 26.3. The number of nitrogens with zero attached hydrogens (tertiary/aromatic N) is 4. The molecule has 1 aliphatic heterocycles. The molecule has 2 amide bonds. The van der Waals surface area contributed by atoms with Gasteiger partial charge < -0.3 is 24.3 Å². The number of amides is 2. The van der Waals surface area contributed by atoms with Crippen LogP contribution in [0.4, 0.5) is 11.4 Å². The summed E-state index contributed by atoms with van der Waals surface area (Å²) in [5.74, 6) is 1.20. The minimum absolute atomic E-state index is 0.0279. The monoisotopic (exact) mass is 543 g/mol. The largest absolute Gasteiger partial charge is 0.497 e. The van der Waals surface area contributed by atoms with Crippen molar-refractivity contribution < 1.29 is 18.7 Å². The number of ether oxygens (including phenoxy) is 1. The maximum atomic E-state index is 12.8. The lowest BCUT2D eigenvalue weighted by Crippen LogP contribution is -2.48. The molecule has 0 atom stereocenters. The van der Waals surface area contributed by atoms with Gasteiger partial charge in [-0.3, -0.25) is 9.59 Å². The lowest BCUT2D eigenvalue weighted by molar-refractivity contribution is -0.113. The summed E-state index contributed by atoms with van der Waals surface area (Å²) in [6.45, 7) is 4.73. The van der Waals surface area contributed by atoms with Gasteiger partial charge in [0.1, 0.15) is 5.75 Å². The molecule has 39 heavy (non-hydrogen) atoms. The summed E-state index contributed by atoms with van der Waals surface area (Å²) in [6, 6.07) is 22.7. The fourth-order valence-corrected chi connectivity index (χ4v) is 4.92. The first-order chi connectivity index (χ1) is 19.0. The Balaban J connectivity index is 1.08. The van der Waals surface area contributed by atoms with Crippen LogP contribution in [0.3, 0.4) is 0 Å². The molecule has 2 heterocycles. The normalized spacial score (nSPS) is 13.3. The maximum Gasteiger partial charge on any atom is 0.277 e. The van der Waals surface area contributed by atoms with Crippen LogP contribution in [0.1, 0.15) is 15.9 Å². The zero-order valence-corrected chi connectivity index (χ0v) is 22.6. The number of anilines is 2. The zero-order valence-electron chi connectivity index (χ0n) is 21.8. The molecule has 0 unspecified atom stereocenters. The van der Waals surface area contributed by atoms with Crippen molar-refractivity contribution in [3.8, 4) is 17.2 Å². The molecule has 0 aliphatic carbocycles. The molecule has 1 fully saturated rings. The van der Waals surface area contributed by atoms with Crippen molar-refractivity contribution >= 4 is 35.0 Å². The number of thioether (sulfide) groups is 1. The molecular weight excluding hydrogens is 514 g/mol. The first-order valence-corrected chi connectivity index (χ1v) is 13.6. The quantitative estimate of drug-likeness (QED) is 0.318. The fourth-order valence-electron chi connectivity index (χ4n) is 4.35. The summed E-state index contributed by atoms with van der Waals surface area (Å²) < 4.78 is 10.9.